The molecule has 7 heteroatoms. The SMILES string of the molecule is CCOc1cc(CNC)ccc1OC(C)C(=O)NC(N)=O. The molecule has 0 heterocycles. The maximum Gasteiger partial charge on any atom is 0.318 e. The first-order valence-electron chi connectivity index (χ1n) is 6.65. The predicted octanol–water partition coefficient (Wildman–Crippen LogP) is 0.767. The van der Waals surface area contributed by atoms with Crippen molar-refractivity contribution in [3.63, 3.8) is 0 Å². The van der Waals surface area contributed by atoms with Crippen molar-refractivity contribution in [2.24, 2.45) is 5.73 Å². The number of amides is 3. The average Bonchev–Trinajstić information content (AvgIpc) is 2.41. The van der Waals surface area contributed by atoms with Crippen LogP contribution in [-0.4, -0.2) is 31.7 Å². The van der Waals surface area contributed by atoms with Crippen LogP contribution in [0.1, 0.15) is 19.4 Å². The molecule has 116 valence electrons. The Balaban J connectivity index is 2.85. The van der Waals surface area contributed by atoms with Gasteiger partial charge in [0.2, 0.25) is 0 Å². The fourth-order valence-corrected chi connectivity index (χ4v) is 1.70. The summed E-state index contributed by atoms with van der Waals surface area (Å²) in [6.45, 7) is 4.55. The van der Waals surface area contributed by atoms with Crippen LogP contribution in [0.4, 0.5) is 4.79 Å². The fourth-order valence-electron chi connectivity index (χ4n) is 1.70. The van der Waals surface area contributed by atoms with Gasteiger partial charge in [0, 0.05) is 6.54 Å². The third kappa shape index (κ3) is 5.31. The Morgan fingerprint density at radius 1 is 1.33 bits per heavy atom. The van der Waals surface area contributed by atoms with E-state index in [9.17, 15) is 9.59 Å². The summed E-state index contributed by atoms with van der Waals surface area (Å²) in [5.41, 5.74) is 5.93. The first-order valence-corrected chi connectivity index (χ1v) is 6.65. The maximum atomic E-state index is 11.6. The van der Waals surface area contributed by atoms with Crippen LogP contribution in [0.5, 0.6) is 11.5 Å². The second-order valence-electron chi connectivity index (χ2n) is 4.36. The number of carbonyl (C=O) groups is 2. The molecule has 0 aliphatic carbocycles. The molecule has 1 aromatic carbocycles. The van der Waals surface area contributed by atoms with Crippen molar-refractivity contribution in [3.8, 4) is 11.5 Å². The second-order valence-corrected chi connectivity index (χ2v) is 4.36. The van der Waals surface area contributed by atoms with Gasteiger partial charge < -0.3 is 20.5 Å². The zero-order valence-corrected chi connectivity index (χ0v) is 12.4. The summed E-state index contributed by atoms with van der Waals surface area (Å²) in [6, 6.07) is 4.53. The van der Waals surface area contributed by atoms with E-state index in [2.05, 4.69) is 5.32 Å². The van der Waals surface area contributed by atoms with Crippen LogP contribution >= 0.6 is 0 Å². The number of rotatable bonds is 7. The normalized spacial score (nSPS) is 11.6. The van der Waals surface area contributed by atoms with Crippen molar-refractivity contribution in [3.05, 3.63) is 23.8 Å². The molecule has 1 unspecified atom stereocenters. The van der Waals surface area contributed by atoms with E-state index in [4.69, 9.17) is 15.2 Å². The number of urea groups is 1. The maximum absolute atomic E-state index is 11.6. The van der Waals surface area contributed by atoms with Crippen LogP contribution in [0.2, 0.25) is 0 Å². The van der Waals surface area contributed by atoms with E-state index in [0.717, 1.165) is 5.56 Å². The summed E-state index contributed by atoms with van der Waals surface area (Å²) in [7, 11) is 1.85. The molecular weight excluding hydrogens is 274 g/mol. The Morgan fingerprint density at radius 3 is 2.62 bits per heavy atom. The van der Waals surface area contributed by atoms with Gasteiger partial charge in [0.25, 0.3) is 5.91 Å². The van der Waals surface area contributed by atoms with Crippen LogP contribution in [0.15, 0.2) is 18.2 Å². The summed E-state index contributed by atoms with van der Waals surface area (Å²) in [5, 5.41) is 5.01. The number of hydrogen-bond donors (Lipinski definition) is 3. The number of ether oxygens (including phenoxy) is 2. The number of primary amides is 1. The number of hydrogen-bond acceptors (Lipinski definition) is 5. The van der Waals surface area contributed by atoms with Crippen molar-refractivity contribution >= 4 is 11.9 Å². The zero-order valence-electron chi connectivity index (χ0n) is 12.4. The molecule has 0 saturated carbocycles. The minimum Gasteiger partial charge on any atom is -0.490 e. The second kappa shape index (κ2) is 8.11. The van der Waals surface area contributed by atoms with Crippen molar-refractivity contribution < 1.29 is 19.1 Å². The standard InChI is InChI=1S/C14H21N3O4/c1-4-20-12-7-10(8-16-3)5-6-11(12)21-9(2)13(18)17-14(15)19/h5-7,9,16H,4,8H2,1-3H3,(H3,15,17,18,19). The predicted molar refractivity (Wildman–Crippen MR) is 78.2 cm³/mol. The molecule has 21 heavy (non-hydrogen) atoms. The van der Waals surface area contributed by atoms with Crippen molar-refractivity contribution in [1.82, 2.24) is 10.6 Å². The summed E-state index contributed by atoms with van der Waals surface area (Å²) in [5.74, 6) is 0.372. The minimum absolute atomic E-state index is 0.434. The molecule has 0 spiro atoms. The van der Waals surface area contributed by atoms with Gasteiger partial charge in [0.05, 0.1) is 6.61 Å². The molecule has 4 N–H and O–H groups in total. The summed E-state index contributed by atoms with van der Waals surface area (Å²) in [4.78, 5) is 22.3. The molecule has 3 amide bonds. The largest absolute Gasteiger partial charge is 0.490 e. The lowest BCUT2D eigenvalue weighted by atomic mass is 10.2. The Morgan fingerprint density at radius 2 is 2.05 bits per heavy atom. The van der Waals surface area contributed by atoms with Gasteiger partial charge in [-0.25, -0.2) is 4.79 Å². The lowest BCUT2D eigenvalue weighted by Crippen LogP contribution is -2.42. The van der Waals surface area contributed by atoms with Gasteiger partial charge in [-0.1, -0.05) is 6.07 Å². The topological polar surface area (TPSA) is 103 Å². The van der Waals surface area contributed by atoms with E-state index < -0.39 is 18.0 Å². The van der Waals surface area contributed by atoms with E-state index in [1.165, 1.54) is 6.92 Å². The van der Waals surface area contributed by atoms with Crippen LogP contribution in [0, 0.1) is 0 Å². The number of nitrogens with one attached hydrogen (secondary N) is 2. The monoisotopic (exact) mass is 295 g/mol. The van der Waals surface area contributed by atoms with Gasteiger partial charge in [-0.3, -0.25) is 10.1 Å². The highest BCUT2D eigenvalue weighted by Gasteiger charge is 2.18. The highest BCUT2D eigenvalue weighted by Crippen LogP contribution is 2.29. The third-order valence-electron chi connectivity index (χ3n) is 2.61. The summed E-state index contributed by atoms with van der Waals surface area (Å²) >= 11 is 0. The van der Waals surface area contributed by atoms with Gasteiger partial charge in [0.15, 0.2) is 17.6 Å². The Bertz CT molecular complexity index is 505. The molecule has 0 aliphatic heterocycles. The van der Waals surface area contributed by atoms with Gasteiger partial charge in [-0.05, 0) is 38.6 Å². The van der Waals surface area contributed by atoms with E-state index in [0.29, 0.717) is 24.7 Å². The van der Waals surface area contributed by atoms with Crippen molar-refractivity contribution in [2.45, 2.75) is 26.5 Å². The lowest BCUT2D eigenvalue weighted by Gasteiger charge is -2.17. The van der Waals surface area contributed by atoms with E-state index in [1.54, 1.807) is 6.07 Å². The number of imide groups is 1. The van der Waals surface area contributed by atoms with E-state index in [1.807, 2.05) is 31.4 Å². The van der Waals surface area contributed by atoms with Crippen molar-refractivity contribution in [1.29, 1.82) is 0 Å². The Kier molecular flexibility index (Phi) is 6.48. The molecule has 7 nitrogen and oxygen atoms in total. The average molecular weight is 295 g/mol. The first-order chi connectivity index (χ1) is 9.97. The van der Waals surface area contributed by atoms with E-state index in [-0.39, 0.29) is 0 Å². The molecule has 0 bridgehead atoms. The Hall–Kier alpha value is -2.28. The molecule has 1 atom stereocenters. The highest BCUT2D eigenvalue weighted by atomic mass is 16.5. The van der Waals surface area contributed by atoms with Gasteiger partial charge >= 0.3 is 6.03 Å². The van der Waals surface area contributed by atoms with Gasteiger partial charge in [0.1, 0.15) is 0 Å². The fraction of sp³-hybridized carbons (Fsp3) is 0.429. The molecule has 1 rings (SSSR count). The van der Waals surface area contributed by atoms with Crippen LogP contribution in [0.3, 0.4) is 0 Å². The minimum atomic E-state index is -0.912. The molecule has 1 aromatic rings. The van der Waals surface area contributed by atoms with Gasteiger partial charge in [-0.2, -0.15) is 0 Å². The van der Waals surface area contributed by atoms with Crippen LogP contribution < -0.4 is 25.8 Å². The molecular formula is C14H21N3O4. The lowest BCUT2D eigenvalue weighted by molar-refractivity contribution is -0.126. The number of nitrogens with two attached hydrogens (primary N) is 1. The van der Waals surface area contributed by atoms with Gasteiger partial charge in [-0.15, -0.1) is 0 Å². The number of carbonyl (C=O) groups excluding carboxylic acids is 2. The molecule has 0 radical (unpaired) electrons. The van der Waals surface area contributed by atoms with Crippen LogP contribution in [0.25, 0.3) is 0 Å². The zero-order chi connectivity index (χ0) is 15.8. The Labute approximate surface area is 123 Å². The molecule has 0 fully saturated rings. The number of benzene rings is 1. The van der Waals surface area contributed by atoms with Crippen LogP contribution in [-0.2, 0) is 11.3 Å². The highest BCUT2D eigenvalue weighted by molar-refractivity contribution is 5.95. The van der Waals surface area contributed by atoms with E-state index >= 15 is 0 Å². The summed E-state index contributed by atoms with van der Waals surface area (Å²) < 4.78 is 11.0. The molecule has 0 aliphatic rings. The molecule has 0 aromatic heterocycles. The molecule has 0 saturated heterocycles. The first kappa shape index (κ1) is 16.8. The quantitative estimate of drug-likeness (QED) is 0.689. The third-order valence-corrected chi connectivity index (χ3v) is 2.61. The van der Waals surface area contributed by atoms with Crippen molar-refractivity contribution in [2.75, 3.05) is 13.7 Å². The summed E-state index contributed by atoms with van der Waals surface area (Å²) in [6.07, 6.45) is -0.869. The smallest absolute Gasteiger partial charge is 0.318 e.